The standard InChI is InChI=1S/C14H19ClN2O/c1-9-3-2-4-11(7-9)17-14(18)10-5-6-13(16)12(15)8-10/h5-6,8-9,11H,2-4,7,16H2,1H3,(H,17,18). The van der Waals surface area contributed by atoms with E-state index >= 15 is 0 Å². The van der Waals surface area contributed by atoms with Crippen molar-refractivity contribution < 1.29 is 4.79 Å². The number of rotatable bonds is 2. The van der Waals surface area contributed by atoms with Crippen molar-refractivity contribution >= 4 is 23.2 Å². The SMILES string of the molecule is CC1CCCC(NC(=O)c2ccc(N)c(Cl)c2)C1. The Hall–Kier alpha value is -1.22. The Labute approximate surface area is 113 Å². The Morgan fingerprint density at radius 3 is 2.89 bits per heavy atom. The normalized spacial score (nSPS) is 23.7. The zero-order chi connectivity index (χ0) is 13.1. The molecule has 1 saturated carbocycles. The van der Waals surface area contributed by atoms with Crippen LogP contribution in [0, 0.1) is 5.92 Å². The fourth-order valence-corrected chi connectivity index (χ4v) is 2.68. The molecule has 2 atom stereocenters. The van der Waals surface area contributed by atoms with Gasteiger partial charge in [-0.15, -0.1) is 0 Å². The highest BCUT2D eigenvalue weighted by molar-refractivity contribution is 6.33. The predicted octanol–water partition coefficient (Wildman–Crippen LogP) is 3.23. The highest BCUT2D eigenvalue weighted by Crippen LogP contribution is 2.24. The van der Waals surface area contributed by atoms with Crippen molar-refractivity contribution in [3.63, 3.8) is 0 Å². The summed E-state index contributed by atoms with van der Waals surface area (Å²) in [6, 6.07) is 5.29. The van der Waals surface area contributed by atoms with E-state index < -0.39 is 0 Å². The molecule has 1 aromatic rings. The molecule has 3 N–H and O–H groups in total. The summed E-state index contributed by atoms with van der Waals surface area (Å²) in [4.78, 5) is 12.1. The molecular formula is C14H19ClN2O. The van der Waals surface area contributed by atoms with E-state index in [1.807, 2.05) is 0 Å². The van der Waals surface area contributed by atoms with Crippen LogP contribution < -0.4 is 11.1 Å². The maximum atomic E-state index is 12.1. The van der Waals surface area contributed by atoms with E-state index in [0.29, 0.717) is 22.2 Å². The van der Waals surface area contributed by atoms with Crippen LogP contribution in [-0.4, -0.2) is 11.9 Å². The lowest BCUT2D eigenvalue weighted by Crippen LogP contribution is -2.37. The molecule has 0 radical (unpaired) electrons. The number of carbonyl (C=O) groups is 1. The Balaban J connectivity index is 2.00. The van der Waals surface area contributed by atoms with E-state index in [2.05, 4.69) is 12.2 Å². The molecule has 2 rings (SSSR count). The van der Waals surface area contributed by atoms with Crippen LogP contribution in [0.3, 0.4) is 0 Å². The molecule has 1 aromatic carbocycles. The first-order valence-electron chi connectivity index (χ1n) is 6.42. The van der Waals surface area contributed by atoms with Gasteiger partial charge in [0.15, 0.2) is 0 Å². The molecule has 0 aliphatic heterocycles. The number of carbonyl (C=O) groups excluding carboxylic acids is 1. The second kappa shape index (κ2) is 5.61. The molecule has 0 bridgehead atoms. The molecule has 18 heavy (non-hydrogen) atoms. The summed E-state index contributed by atoms with van der Waals surface area (Å²) < 4.78 is 0. The van der Waals surface area contributed by atoms with Crippen molar-refractivity contribution in [1.29, 1.82) is 0 Å². The lowest BCUT2D eigenvalue weighted by atomic mass is 9.87. The number of amides is 1. The van der Waals surface area contributed by atoms with Crippen LogP contribution in [0.1, 0.15) is 43.0 Å². The van der Waals surface area contributed by atoms with E-state index in [-0.39, 0.29) is 11.9 Å². The second-order valence-electron chi connectivity index (χ2n) is 5.18. The van der Waals surface area contributed by atoms with E-state index in [9.17, 15) is 4.79 Å². The molecule has 0 aromatic heterocycles. The zero-order valence-electron chi connectivity index (χ0n) is 10.6. The van der Waals surface area contributed by atoms with Crippen LogP contribution >= 0.6 is 11.6 Å². The van der Waals surface area contributed by atoms with Crippen LogP contribution in [0.25, 0.3) is 0 Å². The van der Waals surface area contributed by atoms with Gasteiger partial charge in [0, 0.05) is 11.6 Å². The average Bonchev–Trinajstić information content (AvgIpc) is 2.32. The van der Waals surface area contributed by atoms with E-state index in [1.165, 1.54) is 12.8 Å². The minimum atomic E-state index is -0.0593. The number of benzene rings is 1. The molecule has 3 nitrogen and oxygen atoms in total. The molecular weight excluding hydrogens is 248 g/mol. The molecule has 1 aliphatic rings. The number of nitrogens with one attached hydrogen (secondary N) is 1. The summed E-state index contributed by atoms with van der Waals surface area (Å²) in [5.74, 6) is 0.634. The summed E-state index contributed by atoms with van der Waals surface area (Å²) in [7, 11) is 0. The fourth-order valence-electron chi connectivity index (χ4n) is 2.50. The first-order chi connectivity index (χ1) is 8.56. The van der Waals surface area contributed by atoms with Crippen LogP contribution in [0.4, 0.5) is 5.69 Å². The Bertz CT molecular complexity index is 447. The third-order valence-corrected chi connectivity index (χ3v) is 3.86. The maximum absolute atomic E-state index is 12.1. The first kappa shape index (κ1) is 13.2. The molecule has 0 saturated heterocycles. The number of anilines is 1. The third-order valence-electron chi connectivity index (χ3n) is 3.53. The van der Waals surface area contributed by atoms with Crippen LogP contribution in [0.15, 0.2) is 18.2 Å². The van der Waals surface area contributed by atoms with Crippen molar-refractivity contribution in [2.75, 3.05) is 5.73 Å². The molecule has 0 spiro atoms. The van der Waals surface area contributed by atoms with E-state index in [4.69, 9.17) is 17.3 Å². The number of hydrogen-bond donors (Lipinski definition) is 2. The van der Waals surface area contributed by atoms with Crippen molar-refractivity contribution in [3.05, 3.63) is 28.8 Å². The molecule has 0 heterocycles. The molecule has 4 heteroatoms. The number of nitrogens with two attached hydrogens (primary N) is 1. The Morgan fingerprint density at radius 2 is 2.22 bits per heavy atom. The zero-order valence-corrected chi connectivity index (χ0v) is 11.3. The average molecular weight is 267 g/mol. The van der Waals surface area contributed by atoms with Gasteiger partial charge in [0.25, 0.3) is 5.91 Å². The summed E-state index contributed by atoms with van der Waals surface area (Å²) in [5.41, 5.74) is 6.70. The van der Waals surface area contributed by atoms with Gasteiger partial charge < -0.3 is 11.1 Å². The number of hydrogen-bond acceptors (Lipinski definition) is 2. The molecule has 1 amide bonds. The lowest BCUT2D eigenvalue weighted by molar-refractivity contribution is 0.0921. The quantitative estimate of drug-likeness (QED) is 0.808. The summed E-state index contributed by atoms with van der Waals surface area (Å²) >= 11 is 5.92. The van der Waals surface area contributed by atoms with Crippen LogP contribution in [0.5, 0.6) is 0 Å². The topological polar surface area (TPSA) is 55.1 Å². The van der Waals surface area contributed by atoms with Crippen molar-refractivity contribution in [3.8, 4) is 0 Å². The molecule has 1 aliphatic carbocycles. The highest BCUT2D eigenvalue weighted by atomic mass is 35.5. The van der Waals surface area contributed by atoms with Gasteiger partial charge in [0.05, 0.1) is 10.7 Å². The minimum Gasteiger partial charge on any atom is -0.398 e. The monoisotopic (exact) mass is 266 g/mol. The molecule has 2 unspecified atom stereocenters. The van der Waals surface area contributed by atoms with Crippen molar-refractivity contribution in [1.82, 2.24) is 5.32 Å². The van der Waals surface area contributed by atoms with E-state index in [0.717, 1.165) is 12.8 Å². The first-order valence-corrected chi connectivity index (χ1v) is 6.80. The van der Waals surface area contributed by atoms with E-state index in [1.54, 1.807) is 18.2 Å². The fraction of sp³-hybridized carbons (Fsp3) is 0.500. The molecule has 98 valence electrons. The van der Waals surface area contributed by atoms with Crippen LogP contribution in [-0.2, 0) is 0 Å². The second-order valence-corrected chi connectivity index (χ2v) is 5.59. The van der Waals surface area contributed by atoms with Gasteiger partial charge in [-0.25, -0.2) is 0 Å². The number of halogens is 1. The maximum Gasteiger partial charge on any atom is 0.251 e. The summed E-state index contributed by atoms with van der Waals surface area (Å²) in [6.07, 6.45) is 4.59. The van der Waals surface area contributed by atoms with Gasteiger partial charge in [-0.2, -0.15) is 0 Å². The van der Waals surface area contributed by atoms with Gasteiger partial charge in [-0.1, -0.05) is 31.4 Å². The van der Waals surface area contributed by atoms with Gasteiger partial charge in [-0.05, 0) is 37.0 Å². The summed E-state index contributed by atoms with van der Waals surface area (Å²) in [6.45, 7) is 2.23. The third kappa shape index (κ3) is 3.16. The highest BCUT2D eigenvalue weighted by Gasteiger charge is 2.21. The predicted molar refractivity (Wildman–Crippen MR) is 74.8 cm³/mol. The van der Waals surface area contributed by atoms with Crippen molar-refractivity contribution in [2.24, 2.45) is 5.92 Å². The van der Waals surface area contributed by atoms with Gasteiger partial charge >= 0.3 is 0 Å². The van der Waals surface area contributed by atoms with Crippen molar-refractivity contribution in [2.45, 2.75) is 38.6 Å². The van der Waals surface area contributed by atoms with Crippen LogP contribution in [0.2, 0.25) is 5.02 Å². The van der Waals surface area contributed by atoms with Gasteiger partial charge in [0.1, 0.15) is 0 Å². The van der Waals surface area contributed by atoms with Gasteiger partial charge in [0.2, 0.25) is 0 Å². The Kier molecular flexibility index (Phi) is 4.12. The largest absolute Gasteiger partial charge is 0.398 e. The lowest BCUT2D eigenvalue weighted by Gasteiger charge is -2.27. The minimum absolute atomic E-state index is 0.0593. The molecule has 1 fully saturated rings. The summed E-state index contributed by atoms with van der Waals surface area (Å²) in [5, 5.41) is 3.50. The Morgan fingerprint density at radius 1 is 1.44 bits per heavy atom. The van der Waals surface area contributed by atoms with Gasteiger partial charge in [-0.3, -0.25) is 4.79 Å². The smallest absolute Gasteiger partial charge is 0.251 e. The number of nitrogen functional groups attached to an aromatic ring is 1.